The maximum Gasteiger partial charge on any atom is 0.241 e. The van der Waals surface area contributed by atoms with Crippen molar-refractivity contribution in [3.8, 4) is 0 Å². The van der Waals surface area contributed by atoms with Crippen LogP contribution in [0.4, 0.5) is 11.4 Å². The predicted octanol–water partition coefficient (Wildman–Crippen LogP) is 3.73. The third-order valence-electron chi connectivity index (χ3n) is 5.40. The van der Waals surface area contributed by atoms with Crippen LogP contribution >= 0.6 is 11.8 Å². The number of thioether (sulfide) groups is 1. The van der Waals surface area contributed by atoms with Gasteiger partial charge in [0.1, 0.15) is 0 Å². The first kappa shape index (κ1) is 18.4. The van der Waals surface area contributed by atoms with Crippen molar-refractivity contribution in [1.82, 2.24) is 4.90 Å². The molecular formula is C22H27N3OS. The van der Waals surface area contributed by atoms with Crippen LogP contribution in [-0.2, 0) is 4.79 Å². The first-order valence-electron chi connectivity index (χ1n) is 9.79. The largest absolute Gasteiger partial charge is 0.369 e. The Labute approximate surface area is 166 Å². The monoisotopic (exact) mass is 381 g/mol. The number of nitrogens with zero attached hydrogens (tertiary/aromatic N) is 3. The molecule has 2 aromatic carbocycles. The third kappa shape index (κ3) is 4.30. The van der Waals surface area contributed by atoms with Crippen molar-refractivity contribution in [3.05, 3.63) is 54.6 Å². The van der Waals surface area contributed by atoms with Crippen LogP contribution in [0.1, 0.15) is 13.3 Å². The van der Waals surface area contributed by atoms with Crippen LogP contribution in [0.15, 0.2) is 59.5 Å². The highest BCUT2D eigenvalue weighted by atomic mass is 32.2. The van der Waals surface area contributed by atoms with E-state index in [4.69, 9.17) is 0 Å². The first-order valence-corrected chi connectivity index (χ1v) is 10.7. The number of anilines is 2. The van der Waals surface area contributed by atoms with E-state index in [9.17, 15) is 4.79 Å². The van der Waals surface area contributed by atoms with Gasteiger partial charge in [0.2, 0.25) is 5.91 Å². The molecule has 0 saturated carbocycles. The van der Waals surface area contributed by atoms with E-state index < -0.39 is 0 Å². The highest BCUT2D eigenvalue weighted by Gasteiger charge is 2.26. The number of amides is 1. The SMILES string of the molecule is CC1CCN(C(=O)CN2CCN(c3ccccc3)CC2)c2ccccc2S1. The Morgan fingerprint density at radius 1 is 0.963 bits per heavy atom. The van der Waals surface area contributed by atoms with Gasteiger partial charge >= 0.3 is 0 Å². The minimum atomic E-state index is 0.227. The van der Waals surface area contributed by atoms with Crippen LogP contribution in [0, 0.1) is 0 Å². The van der Waals surface area contributed by atoms with Crippen LogP contribution in [0.2, 0.25) is 0 Å². The quantitative estimate of drug-likeness (QED) is 0.810. The molecule has 0 aromatic heterocycles. The van der Waals surface area contributed by atoms with Crippen molar-refractivity contribution in [1.29, 1.82) is 0 Å². The summed E-state index contributed by atoms with van der Waals surface area (Å²) in [5.41, 5.74) is 2.36. The van der Waals surface area contributed by atoms with Gasteiger partial charge in [-0.3, -0.25) is 9.69 Å². The van der Waals surface area contributed by atoms with E-state index in [-0.39, 0.29) is 5.91 Å². The summed E-state index contributed by atoms with van der Waals surface area (Å²) >= 11 is 1.88. The third-order valence-corrected chi connectivity index (χ3v) is 6.63. The molecule has 4 rings (SSSR count). The fraction of sp³-hybridized carbons (Fsp3) is 0.409. The molecule has 142 valence electrons. The van der Waals surface area contributed by atoms with Gasteiger partial charge in [-0.2, -0.15) is 0 Å². The number of rotatable bonds is 3. The predicted molar refractivity (Wildman–Crippen MR) is 114 cm³/mol. The molecule has 0 N–H and O–H groups in total. The molecule has 27 heavy (non-hydrogen) atoms. The molecule has 2 heterocycles. The number of piperazine rings is 1. The molecule has 1 saturated heterocycles. The number of para-hydroxylation sites is 2. The zero-order valence-corrected chi connectivity index (χ0v) is 16.7. The van der Waals surface area contributed by atoms with Crippen molar-refractivity contribution in [2.45, 2.75) is 23.5 Å². The minimum Gasteiger partial charge on any atom is -0.369 e. The normalized spacial score (nSPS) is 20.9. The molecule has 1 fully saturated rings. The summed E-state index contributed by atoms with van der Waals surface area (Å²) in [6.45, 7) is 7.38. The van der Waals surface area contributed by atoms with E-state index in [0.29, 0.717) is 11.8 Å². The molecule has 2 aliphatic heterocycles. The van der Waals surface area contributed by atoms with Gasteiger partial charge in [-0.15, -0.1) is 11.8 Å². The van der Waals surface area contributed by atoms with E-state index in [1.54, 1.807) is 0 Å². The Morgan fingerprint density at radius 3 is 2.44 bits per heavy atom. The molecule has 2 aliphatic rings. The maximum atomic E-state index is 13.1. The van der Waals surface area contributed by atoms with Gasteiger partial charge in [-0.1, -0.05) is 37.3 Å². The number of carbonyl (C=O) groups is 1. The minimum absolute atomic E-state index is 0.227. The number of carbonyl (C=O) groups excluding carboxylic acids is 1. The second kappa shape index (κ2) is 8.36. The number of fused-ring (bicyclic) bond motifs is 1. The van der Waals surface area contributed by atoms with Gasteiger partial charge in [0, 0.05) is 48.6 Å². The Morgan fingerprint density at radius 2 is 1.67 bits per heavy atom. The zero-order chi connectivity index (χ0) is 18.6. The maximum absolute atomic E-state index is 13.1. The van der Waals surface area contributed by atoms with Crippen LogP contribution < -0.4 is 9.80 Å². The summed E-state index contributed by atoms with van der Waals surface area (Å²) in [6, 6.07) is 18.9. The van der Waals surface area contributed by atoms with E-state index in [1.165, 1.54) is 10.6 Å². The summed E-state index contributed by atoms with van der Waals surface area (Å²) in [7, 11) is 0. The molecule has 1 atom stereocenters. The van der Waals surface area contributed by atoms with Crippen LogP contribution in [0.25, 0.3) is 0 Å². The van der Waals surface area contributed by atoms with Crippen molar-refractivity contribution >= 4 is 29.0 Å². The lowest BCUT2D eigenvalue weighted by molar-refractivity contribution is -0.119. The summed E-state index contributed by atoms with van der Waals surface area (Å²) in [5.74, 6) is 0.227. The smallest absolute Gasteiger partial charge is 0.241 e. The van der Waals surface area contributed by atoms with Gasteiger partial charge in [-0.05, 0) is 30.7 Å². The Kier molecular flexibility index (Phi) is 5.69. The summed E-state index contributed by atoms with van der Waals surface area (Å²) in [4.78, 5) is 21.0. The highest BCUT2D eigenvalue weighted by molar-refractivity contribution is 8.00. The van der Waals surface area contributed by atoms with Crippen LogP contribution in [-0.4, -0.2) is 55.3 Å². The lowest BCUT2D eigenvalue weighted by atomic mass is 10.2. The Balaban J connectivity index is 1.39. The number of hydrogen-bond donors (Lipinski definition) is 0. The molecule has 0 bridgehead atoms. The van der Waals surface area contributed by atoms with Gasteiger partial charge < -0.3 is 9.80 Å². The second-order valence-electron chi connectivity index (χ2n) is 7.33. The van der Waals surface area contributed by atoms with Gasteiger partial charge in [0.15, 0.2) is 0 Å². The lowest BCUT2D eigenvalue weighted by Crippen LogP contribution is -2.50. The fourth-order valence-corrected chi connectivity index (χ4v) is 4.94. The standard InChI is InChI=1S/C22H27N3OS/c1-18-11-12-25(20-9-5-6-10-21(20)27-18)22(26)17-23-13-15-24(16-14-23)19-7-3-2-4-8-19/h2-10,18H,11-17H2,1H3. The van der Waals surface area contributed by atoms with Crippen LogP contribution in [0.3, 0.4) is 0 Å². The molecule has 0 radical (unpaired) electrons. The summed E-state index contributed by atoms with van der Waals surface area (Å²) in [6.07, 6.45) is 1.03. The molecule has 5 heteroatoms. The van der Waals surface area contributed by atoms with Gasteiger partial charge in [-0.25, -0.2) is 0 Å². The van der Waals surface area contributed by atoms with E-state index in [2.05, 4.69) is 65.3 Å². The van der Waals surface area contributed by atoms with Crippen molar-refractivity contribution in [3.63, 3.8) is 0 Å². The lowest BCUT2D eigenvalue weighted by Gasteiger charge is -2.36. The first-order chi connectivity index (χ1) is 13.2. The van der Waals surface area contributed by atoms with Crippen molar-refractivity contribution < 1.29 is 4.79 Å². The van der Waals surface area contributed by atoms with Crippen molar-refractivity contribution in [2.75, 3.05) is 49.1 Å². The topological polar surface area (TPSA) is 26.8 Å². The molecule has 2 aromatic rings. The summed E-state index contributed by atoms with van der Waals surface area (Å²) in [5, 5.41) is 0.540. The molecule has 0 aliphatic carbocycles. The molecule has 0 spiro atoms. The van der Waals surface area contributed by atoms with Gasteiger partial charge in [0.05, 0.1) is 12.2 Å². The van der Waals surface area contributed by atoms with Crippen molar-refractivity contribution in [2.24, 2.45) is 0 Å². The molecular weight excluding hydrogens is 354 g/mol. The van der Waals surface area contributed by atoms with E-state index in [1.807, 2.05) is 22.7 Å². The Bertz CT molecular complexity index is 774. The van der Waals surface area contributed by atoms with E-state index >= 15 is 0 Å². The fourth-order valence-electron chi connectivity index (χ4n) is 3.83. The molecule has 1 amide bonds. The van der Waals surface area contributed by atoms with Crippen LogP contribution in [0.5, 0.6) is 0 Å². The highest BCUT2D eigenvalue weighted by Crippen LogP contribution is 2.37. The Hall–Kier alpha value is -1.98. The number of hydrogen-bond acceptors (Lipinski definition) is 4. The molecule has 1 unspecified atom stereocenters. The second-order valence-corrected chi connectivity index (χ2v) is 8.81. The zero-order valence-electron chi connectivity index (χ0n) is 15.9. The number of benzene rings is 2. The average Bonchev–Trinajstić information content (AvgIpc) is 2.87. The average molecular weight is 382 g/mol. The van der Waals surface area contributed by atoms with Gasteiger partial charge in [0.25, 0.3) is 0 Å². The summed E-state index contributed by atoms with van der Waals surface area (Å²) < 4.78 is 0. The molecule has 4 nitrogen and oxygen atoms in total. The van der Waals surface area contributed by atoms with E-state index in [0.717, 1.165) is 44.8 Å².